The molecular weight excluding hydrogens is 680 g/mol. The van der Waals surface area contributed by atoms with Crippen LogP contribution in [0.1, 0.15) is 74.4 Å². The number of hydrogen-bond acceptors (Lipinski definition) is 11. The van der Waals surface area contributed by atoms with E-state index in [1.807, 2.05) is 36.4 Å². The van der Waals surface area contributed by atoms with E-state index >= 15 is 0 Å². The molecule has 0 bridgehead atoms. The second kappa shape index (κ2) is 17.3. The maximum absolute atomic E-state index is 11.1. The lowest BCUT2D eigenvalue weighted by Crippen LogP contribution is -2.22. The Hall–Kier alpha value is -4.84. The van der Waals surface area contributed by atoms with Crippen molar-refractivity contribution in [2.75, 3.05) is 42.7 Å². The molecule has 1 fully saturated rings. The molecule has 0 aliphatic carbocycles. The van der Waals surface area contributed by atoms with Crippen molar-refractivity contribution < 1.29 is 52.8 Å². The molecule has 0 amide bonds. The van der Waals surface area contributed by atoms with Gasteiger partial charge in [-0.15, -0.1) is 0 Å². The Morgan fingerprint density at radius 1 is 0.453 bits per heavy atom. The van der Waals surface area contributed by atoms with E-state index in [9.17, 15) is 10.2 Å². The Bertz CT molecular complexity index is 1700. The number of methoxy groups -OCH3 is 6. The SMILES string of the molecule is COc1ccc([C@@H](O)[C@@H](C)Oc2ccc([C@H]3O[C@H](c4ccc(O[C@@H](C)[C@@H](O)c5ccc(OC)c(OC)c5)c(OC)c4)[C@H](C)[C@H]3C)cc2OC)cc1OC. The van der Waals surface area contributed by atoms with Gasteiger partial charge in [0.2, 0.25) is 0 Å². The van der Waals surface area contributed by atoms with Gasteiger partial charge in [-0.1, -0.05) is 38.1 Å². The zero-order valence-electron chi connectivity index (χ0n) is 32.1. The molecule has 286 valence electrons. The summed E-state index contributed by atoms with van der Waals surface area (Å²) in [5.74, 6) is 4.62. The third-order valence-corrected chi connectivity index (χ3v) is 10.1. The van der Waals surface area contributed by atoms with Gasteiger partial charge in [0.05, 0.1) is 54.9 Å². The summed E-state index contributed by atoms with van der Waals surface area (Å²) in [5.41, 5.74) is 3.18. The van der Waals surface area contributed by atoms with Crippen molar-refractivity contribution in [3.8, 4) is 46.0 Å². The lowest BCUT2D eigenvalue weighted by atomic mass is 9.85. The van der Waals surface area contributed by atoms with Crippen molar-refractivity contribution in [2.45, 2.75) is 64.3 Å². The van der Waals surface area contributed by atoms with Gasteiger partial charge >= 0.3 is 0 Å². The van der Waals surface area contributed by atoms with Gasteiger partial charge in [0.25, 0.3) is 0 Å². The first kappa shape index (κ1) is 39.4. The molecular formula is C42H52O11. The van der Waals surface area contributed by atoms with Crippen LogP contribution in [0.15, 0.2) is 72.8 Å². The summed E-state index contributed by atoms with van der Waals surface area (Å²) in [6, 6.07) is 22.1. The van der Waals surface area contributed by atoms with Crippen LogP contribution in [0.5, 0.6) is 46.0 Å². The normalized spacial score (nSPS) is 20.5. The Morgan fingerprint density at radius 2 is 0.774 bits per heavy atom. The molecule has 0 radical (unpaired) electrons. The monoisotopic (exact) mass is 732 g/mol. The maximum Gasteiger partial charge on any atom is 0.161 e. The van der Waals surface area contributed by atoms with Gasteiger partial charge in [-0.25, -0.2) is 0 Å². The molecule has 0 saturated carbocycles. The van der Waals surface area contributed by atoms with Gasteiger partial charge in [0.1, 0.15) is 24.4 Å². The van der Waals surface area contributed by atoms with Crippen molar-refractivity contribution in [3.63, 3.8) is 0 Å². The number of benzene rings is 4. The fourth-order valence-electron chi connectivity index (χ4n) is 6.78. The standard InChI is InChI=1S/C42H52O11/c1-23-24(2)42(30-14-18-34(38(22-30)50-10)52-26(4)40(44)28-12-16-32(46-6)36(20-28)48-8)53-41(23)29-13-17-33(37(21-29)49-9)51-25(3)39(43)27-11-15-31(45-5)35(19-27)47-7/h11-26,39-44H,1-10H3/t23-,24-,25-,26+,39+,40-,41+,42+/m1/s1. The zero-order chi connectivity index (χ0) is 38.4. The number of ether oxygens (including phenoxy) is 9. The minimum atomic E-state index is -0.932. The van der Waals surface area contributed by atoms with Gasteiger partial charge in [-0.2, -0.15) is 0 Å². The molecule has 5 rings (SSSR count). The summed E-state index contributed by atoms with van der Waals surface area (Å²) in [6.45, 7) is 7.96. The Morgan fingerprint density at radius 3 is 1.11 bits per heavy atom. The minimum Gasteiger partial charge on any atom is -0.493 e. The highest BCUT2D eigenvalue weighted by atomic mass is 16.5. The van der Waals surface area contributed by atoms with E-state index < -0.39 is 24.4 Å². The second-order valence-corrected chi connectivity index (χ2v) is 13.3. The lowest BCUT2D eigenvalue weighted by Gasteiger charge is -2.24. The highest BCUT2D eigenvalue weighted by molar-refractivity contribution is 5.48. The van der Waals surface area contributed by atoms with Crippen molar-refractivity contribution in [2.24, 2.45) is 11.8 Å². The highest BCUT2D eigenvalue weighted by Gasteiger charge is 2.41. The van der Waals surface area contributed by atoms with E-state index in [1.54, 1.807) is 92.9 Å². The van der Waals surface area contributed by atoms with E-state index in [-0.39, 0.29) is 24.0 Å². The van der Waals surface area contributed by atoms with Crippen LogP contribution in [0.25, 0.3) is 0 Å². The molecule has 0 unspecified atom stereocenters. The number of rotatable bonds is 16. The van der Waals surface area contributed by atoms with E-state index in [1.165, 1.54) is 0 Å². The molecule has 4 aromatic rings. The van der Waals surface area contributed by atoms with Crippen LogP contribution in [0.2, 0.25) is 0 Å². The maximum atomic E-state index is 11.1. The Kier molecular flexibility index (Phi) is 12.9. The average molecular weight is 733 g/mol. The van der Waals surface area contributed by atoms with E-state index in [0.29, 0.717) is 57.1 Å². The first-order valence-electron chi connectivity index (χ1n) is 17.6. The van der Waals surface area contributed by atoms with Crippen LogP contribution >= 0.6 is 0 Å². The number of hydrogen-bond donors (Lipinski definition) is 2. The lowest BCUT2D eigenvalue weighted by molar-refractivity contribution is 0.0281. The third-order valence-electron chi connectivity index (χ3n) is 10.1. The van der Waals surface area contributed by atoms with Crippen LogP contribution in [0.4, 0.5) is 0 Å². The van der Waals surface area contributed by atoms with Crippen molar-refractivity contribution >= 4 is 0 Å². The summed E-state index contributed by atoms with van der Waals surface area (Å²) in [4.78, 5) is 0. The molecule has 11 nitrogen and oxygen atoms in total. The number of aliphatic hydroxyl groups is 2. The van der Waals surface area contributed by atoms with Crippen molar-refractivity contribution in [1.29, 1.82) is 0 Å². The van der Waals surface area contributed by atoms with Gasteiger partial charge < -0.3 is 52.8 Å². The quantitative estimate of drug-likeness (QED) is 0.117. The molecule has 53 heavy (non-hydrogen) atoms. The molecule has 1 aliphatic heterocycles. The zero-order valence-corrected chi connectivity index (χ0v) is 32.1. The number of aliphatic hydroxyl groups excluding tert-OH is 2. The summed E-state index contributed by atoms with van der Waals surface area (Å²) in [7, 11) is 9.43. The molecule has 1 heterocycles. The average Bonchev–Trinajstić information content (AvgIpc) is 3.49. The highest BCUT2D eigenvalue weighted by Crippen LogP contribution is 2.51. The summed E-state index contributed by atoms with van der Waals surface area (Å²) < 4.78 is 52.2. The molecule has 0 spiro atoms. The molecule has 4 aromatic carbocycles. The summed E-state index contributed by atoms with van der Waals surface area (Å²) in [5, 5.41) is 22.2. The fraction of sp³-hybridized carbons (Fsp3) is 0.429. The molecule has 8 atom stereocenters. The van der Waals surface area contributed by atoms with Crippen LogP contribution in [-0.4, -0.2) is 65.1 Å². The second-order valence-electron chi connectivity index (χ2n) is 13.3. The first-order valence-corrected chi connectivity index (χ1v) is 17.6. The molecule has 2 N–H and O–H groups in total. The van der Waals surface area contributed by atoms with Crippen LogP contribution in [0, 0.1) is 11.8 Å². The Balaban J connectivity index is 1.29. The smallest absolute Gasteiger partial charge is 0.161 e. The van der Waals surface area contributed by atoms with E-state index in [0.717, 1.165) is 11.1 Å². The van der Waals surface area contributed by atoms with E-state index in [4.69, 9.17) is 42.6 Å². The minimum absolute atomic E-state index is 0.167. The molecule has 11 heteroatoms. The molecule has 1 saturated heterocycles. The van der Waals surface area contributed by atoms with Gasteiger partial charge in [-0.3, -0.25) is 0 Å². The largest absolute Gasteiger partial charge is 0.493 e. The van der Waals surface area contributed by atoms with Gasteiger partial charge in [0.15, 0.2) is 46.0 Å². The topological polar surface area (TPSA) is 124 Å². The van der Waals surface area contributed by atoms with E-state index in [2.05, 4.69) is 13.8 Å². The van der Waals surface area contributed by atoms with Crippen LogP contribution < -0.4 is 37.9 Å². The molecule has 1 aliphatic rings. The predicted octanol–water partition coefficient (Wildman–Crippen LogP) is 7.82. The van der Waals surface area contributed by atoms with Gasteiger partial charge in [0, 0.05) is 0 Å². The van der Waals surface area contributed by atoms with Crippen LogP contribution in [-0.2, 0) is 4.74 Å². The molecule has 0 aromatic heterocycles. The summed E-state index contributed by atoms with van der Waals surface area (Å²) >= 11 is 0. The summed E-state index contributed by atoms with van der Waals surface area (Å²) in [6.07, 6.45) is -3.49. The fourth-order valence-corrected chi connectivity index (χ4v) is 6.78. The predicted molar refractivity (Wildman–Crippen MR) is 200 cm³/mol. The van der Waals surface area contributed by atoms with Crippen molar-refractivity contribution in [3.05, 3.63) is 95.1 Å². The van der Waals surface area contributed by atoms with Gasteiger partial charge in [-0.05, 0) is 96.5 Å². The third kappa shape index (κ3) is 8.38. The first-order chi connectivity index (χ1) is 25.5. The van der Waals surface area contributed by atoms with Crippen LogP contribution in [0.3, 0.4) is 0 Å². The van der Waals surface area contributed by atoms with Crippen molar-refractivity contribution in [1.82, 2.24) is 0 Å². The Labute approximate surface area is 312 Å².